The number of ether oxygens (including phenoxy) is 3. The molecule has 388 valence electrons. The Kier molecular flexibility index (Phi) is 53.3. The fourth-order valence-electron chi connectivity index (χ4n) is 8.09. The number of hydrogen-bond acceptors (Lipinski definition) is 6. The molecule has 0 aromatic heterocycles. The first-order chi connectivity index (χ1) is 33.0. The number of hydrogen-bond donors (Lipinski definition) is 0. The van der Waals surface area contributed by atoms with Crippen LogP contribution in [0.4, 0.5) is 0 Å². The highest BCUT2D eigenvalue weighted by Crippen LogP contribution is 2.15. The number of carbonyl (C=O) groups is 3. The zero-order valence-corrected chi connectivity index (χ0v) is 44.4. The lowest BCUT2D eigenvalue weighted by molar-refractivity contribution is -0.167. The highest BCUT2D eigenvalue weighted by molar-refractivity contribution is 5.71. The molecule has 6 heteroatoms. The van der Waals surface area contributed by atoms with E-state index in [2.05, 4.69) is 81.5 Å². The summed E-state index contributed by atoms with van der Waals surface area (Å²) >= 11 is 0. The first kappa shape index (κ1) is 64.1. The number of carbonyl (C=O) groups excluding carboxylic acids is 3. The summed E-state index contributed by atoms with van der Waals surface area (Å²) in [6.45, 7) is 6.60. The van der Waals surface area contributed by atoms with Crippen molar-refractivity contribution in [2.75, 3.05) is 13.2 Å². The van der Waals surface area contributed by atoms with Gasteiger partial charge in [0.1, 0.15) is 13.2 Å². The number of rotatable bonds is 52. The normalized spacial score (nSPS) is 12.5. The Morgan fingerprint density at radius 3 is 0.881 bits per heavy atom. The predicted octanol–water partition coefficient (Wildman–Crippen LogP) is 19.2. The fourth-order valence-corrected chi connectivity index (χ4v) is 8.09. The second kappa shape index (κ2) is 55.7. The Hall–Kier alpha value is -2.89. The van der Waals surface area contributed by atoms with Crippen molar-refractivity contribution in [3.63, 3.8) is 0 Å². The molecule has 0 N–H and O–H groups in total. The molecule has 0 saturated carbocycles. The predicted molar refractivity (Wildman–Crippen MR) is 288 cm³/mol. The molecule has 0 aliphatic rings. The number of allylic oxidation sites excluding steroid dienone is 10. The van der Waals surface area contributed by atoms with Crippen molar-refractivity contribution in [3.05, 3.63) is 60.8 Å². The lowest BCUT2D eigenvalue weighted by Crippen LogP contribution is -2.30. The average Bonchev–Trinajstić information content (AvgIpc) is 3.33. The molecule has 0 saturated heterocycles. The minimum atomic E-state index is -0.787. The molecule has 0 bridgehead atoms. The van der Waals surface area contributed by atoms with Crippen molar-refractivity contribution in [1.29, 1.82) is 0 Å². The molecule has 0 fully saturated rings. The molecular weight excluding hydrogens is 829 g/mol. The van der Waals surface area contributed by atoms with E-state index >= 15 is 0 Å². The molecule has 0 aliphatic carbocycles. The first-order valence-electron chi connectivity index (χ1n) is 28.8. The highest BCUT2D eigenvalue weighted by Gasteiger charge is 2.19. The van der Waals surface area contributed by atoms with E-state index in [-0.39, 0.29) is 31.1 Å². The largest absolute Gasteiger partial charge is 0.462 e. The van der Waals surface area contributed by atoms with Crippen molar-refractivity contribution in [1.82, 2.24) is 0 Å². The van der Waals surface area contributed by atoms with Gasteiger partial charge in [-0.05, 0) is 109 Å². The summed E-state index contributed by atoms with van der Waals surface area (Å²) in [5, 5.41) is 0. The van der Waals surface area contributed by atoms with Crippen LogP contribution in [-0.4, -0.2) is 37.2 Å². The van der Waals surface area contributed by atoms with Crippen LogP contribution in [0.15, 0.2) is 60.8 Å². The Balaban J connectivity index is 4.41. The summed E-state index contributed by atoms with van der Waals surface area (Å²) in [6.07, 6.45) is 69.2. The fraction of sp³-hybridized carbons (Fsp3) is 0.787. The molecule has 0 aliphatic heterocycles. The molecule has 0 rings (SSSR count). The van der Waals surface area contributed by atoms with Crippen LogP contribution in [0.3, 0.4) is 0 Å². The Morgan fingerprint density at radius 2 is 0.537 bits per heavy atom. The van der Waals surface area contributed by atoms with Gasteiger partial charge in [-0.15, -0.1) is 0 Å². The summed E-state index contributed by atoms with van der Waals surface area (Å²) in [4.78, 5) is 38.1. The van der Waals surface area contributed by atoms with Crippen LogP contribution >= 0.6 is 0 Å². The van der Waals surface area contributed by atoms with Crippen LogP contribution < -0.4 is 0 Å². The van der Waals surface area contributed by atoms with Gasteiger partial charge in [0, 0.05) is 19.3 Å². The zero-order valence-electron chi connectivity index (χ0n) is 44.4. The summed E-state index contributed by atoms with van der Waals surface area (Å²) in [7, 11) is 0. The van der Waals surface area contributed by atoms with Gasteiger partial charge in [-0.25, -0.2) is 0 Å². The van der Waals surface area contributed by atoms with E-state index in [1.165, 1.54) is 154 Å². The van der Waals surface area contributed by atoms with Gasteiger partial charge in [-0.3, -0.25) is 14.4 Å². The van der Waals surface area contributed by atoms with E-state index in [0.717, 1.165) is 96.3 Å². The molecular formula is C61H108O6. The van der Waals surface area contributed by atoms with Gasteiger partial charge >= 0.3 is 17.9 Å². The monoisotopic (exact) mass is 937 g/mol. The first-order valence-corrected chi connectivity index (χ1v) is 28.8. The molecule has 0 spiro atoms. The third kappa shape index (κ3) is 53.9. The van der Waals surface area contributed by atoms with Crippen molar-refractivity contribution in [2.45, 2.75) is 297 Å². The van der Waals surface area contributed by atoms with E-state index < -0.39 is 6.10 Å². The maximum absolute atomic E-state index is 12.8. The molecule has 6 nitrogen and oxygen atoms in total. The summed E-state index contributed by atoms with van der Waals surface area (Å²) in [5.74, 6) is -0.905. The van der Waals surface area contributed by atoms with Gasteiger partial charge in [0.25, 0.3) is 0 Å². The third-order valence-electron chi connectivity index (χ3n) is 12.5. The van der Waals surface area contributed by atoms with Crippen LogP contribution in [0.5, 0.6) is 0 Å². The van der Waals surface area contributed by atoms with Crippen LogP contribution in [0.2, 0.25) is 0 Å². The average molecular weight is 938 g/mol. The topological polar surface area (TPSA) is 78.9 Å². The van der Waals surface area contributed by atoms with Gasteiger partial charge in [0.05, 0.1) is 0 Å². The van der Waals surface area contributed by atoms with Crippen LogP contribution in [-0.2, 0) is 28.6 Å². The SMILES string of the molecule is CCCCC/C=C\C/C=C\C/C=C\CCCCCCCCC(=O)OC[C@@H](COC(=O)CCCCCCC/C=C\CCCCCCC)OC(=O)CCCCCCC/C=C\CCCCCCCCC. The molecule has 0 unspecified atom stereocenters. The smallest absolute Gasteiger partial charge is 0.306 e. The molecule has 0 radical (unpaired) electrons. The maximum Gasteiger partial charge on any atom is 0.306 e. The second-order valence-electron chi connectivity index (χ2n) is 19.2. The molecule has 0 amide bonds. The Labute approximate surface area is 415 Å². The lowest BCUT2D eigenvalue weighted by atomic mass is 10.1. The van der Waals surface area contributed by atoms with Gasteiger partial charge in [0.15, 0.2) is 6.10 Å². The van der Waals surface area contributed by atoms with Crippen LogP contribution in [0, 0.1) is 0 Å². The quantitative estimate of drug-likeness (QED) is 0.0262. The van der Waals surface area contributed by atoms with E-state index in [4.69, 9.17) is 14.2 Å². The highest BCUT2D eigenvalue weighted by atomic mass is 16.6. The minimum absolute atomic E-state index is 0.0853. The van der Waals surface area contributed by atoms with E-state index in [1.54, 1.807) is 0 Å². The van der Waals surface area contributed by atoms with Gasteiger partial charge in [0.2, 0.25) is 0 Å². The van der Waals surface area contributed by atoms with Gasteiger partial charge < -0.3 is 14.2 Å². The van der Waals surface area contributed by atoms with Crippen LogP contribution in [0.25, 0.3) is 0 Å². The lowest BCUT2D eigenvalue weighted by Gasteiger charge is -2.18. The van der Waals surface area contributed by atoms with Crippen molar-refractivity contribution in [2.24, 2.45) is 0 Å². The van der Waals surface area contributed by atoms with Crippen molar-refractivity contribution >= 4 is 17.9 Å². The molecule has 0 aromatic rings. The van der Waals surface area contributed by atoms with Crippen molar-refractivity contribution < 1.29 is 28.6 Å². The minimum Gasteiger partial charge on any atom is -0.462 e. The standard InChI is InChI=1S/C61H108O6/c1-4-7-10-13-16-19-22-25-28-30-31-32-34-36-39-42-45-48-51-54-60(63)66-57-58(56-65-59(62)53-50-47-44-41-38-35-27-24-21-18-15-12-9-6-3)67-61(64)55-52-49-46-43-40-37-33-29-26-23-20-17-14-11-8-5-2/h16,19,24-25,27-29,31-33,58H,4-15,17-18,20-23,26,30,34-57H2,1-3H3/b19-16-,27-24-,28-25-,32-31-,33-29-/t58-/m1/s1. The molecule has 1 atom stereocenters. The summed E-state index contributed by atoms with van der Waals surface area (Å²) < 4.78 is 16.8. The van der Waals surface area contributed by atoms with E-state index in [1.807, 2.05) is 0 Å². The van der Waals surface area contributed by atoms with Gasteiger partial charge in [-0.1, -0.05) is 223 Å². The van der Waals surface area contributed by atoms with Gasteiger partial charge in [-0.2, -0.15) is 0 Å². The Morgan fingerprint density at radius 1 is 0.299 bits per heavy atom. The molecule has 0 heterocycles. The number of esters is 3. The number of unbranched alkanes of at least 4 members (excludes halogenated alkanes) is 31. The summed E-state index contributed by atoms with van der Waals surface area (Å²) in [6, 6.07) is 0. The van der Waals surface area contributed by atoms with Crippen LogP contribution in [0.1, 0.15) is 290 Å². The second-order valence-corrected chi connectivity index (χ2v) is 19.2. The third-order valence-corrected chi connectivity index (χ3v) is 12.5. The van der Waals surface area contributed by atoms with E-state index in [0.29, 0.717) is 19.3 Å². The molecule has 0 aromatic carbocycles. The summed E-state index contributed by atoms with van der Waals surface area (Å²) in [5.41, 5.74) is 0. The molecule has 67 heavy (non-hydrogen) atoms. The van der Waals surface area contributed by atoms with E-state index in [9.17, 15) is 14.4 Å². The van der Waals surface area contributed by atoms with Crippen molar-refractivity contribution in [3.8, 4) is 0 Å². The zero-order chi connectivity index (χ0) is 48.6. The Bertz CT molecular complexity index is 1210. The maximum atomic E-state index is 12.8.